The molecule has 1 saturated heterocycles. The zero-order valence-corrected chi connectivity index (χ0v) is 18.2. The Morgan fingerprint density at radius 3 is 2.41 bits per heavy atom. The SMILES string of the molecule is CC(Oc1ccc(Cl)cc1Cl)C(=O)NCc1ccc(S(=O)(=O)N2CCCC2)cc1. The highest BCUT2D eigenvalue weighted by molar-refractivity contribution is 7.89. The molecule has 9 heteroatoms. The molecule has 156 valence electrons. The van der Waals surface area contributed by atoms with Gasteiger partial charge < -0.3 is 10.1 Å². The number of carbonyl (C=O) groups is 1. The van der Waals surface area contributed by atoms with E-state index in [0.29, 0.717) is 28.9 Å². The number of hydrogen-bond acceptors (Lipinski definition) is 4. The van der Waals surface area contributed by atoms with E-state index in [9.17, 15) is 13.2 Å². The third kappa shape index (κ3) is 5.42. The van der Waals surface area contributed by atoms with E-state index in [1.54, 1.807) is 49.4 Å². The average Bonchev–Trinajstić information content (AvgIpc) is 3.24. The molecule has 1 aliphatic heterocycles. The van der Waals surface area contributed by atoms with Crippen molar-refractivity contribution in [2.75, 3.05) is 13.1 Å². The van der Waals surface area contributed by atoms with Gasteiger partial charge in [-0.15, -0.1) is 0 Å². The minimum Gasteiger partial charge on any atom is -0.479 e. The fourth-order valence-corrected chi connectivity index (χ4v) is 4.97. The first-order valence-corrected chi connectivity index (χ1v) is 11.5. The average molecular weight is 457 g/mol. The number of rotatable bonds is 7. The Balaban J connectivity index is 1.56. The van der Waals surface area contributed by atoms with E-state index in [1.807, 2.05) is 0 Å². The molecule has 0 aliphatic carbocycles. The Morgan fingerprint density at radius 2 is 1.79 bits per heavy atom. The van der Waals surface area contributed by atoms with Crippen LogP contribution in [0.2, 0.25) is 10.0 Å². The lowest BCUT2D eigenvalue weighted by Gasteiger charge is -2.17. The van der Waals surface area contributed by atoms with E-state index in [2.05, 4.69) is 5.32 Å². The quantitative estimate of drug-likeness (QED) is 0.685. The van der Waals surface area contributed by atoms with Crippen molar-refractivity contribution >= 4 is 39.1 Å². The number of halogens is 2. The van der Waals surface area contributed by atoms with E-state index < -0.39 is 16.1 Å². The second kappa shape index (κ2) is 9.34. The molecular formula is C20H22Cl2N2O4S. The van der Waals surface area contributed by atoms with Gasteiger partial charge in [0.05, 0.1) is 9.92 Å². The number of hydrogen-bond donors (Lipinski definition) is 1. The molecule has 3 rings (SSSR count). The minimum absolute atomic E-state index is 0.255. The molecule has 1 unspecified atom stereocenters. The van der Waals surface area contributed by atoms with Crippen molar-refractivity contribution < 1.29 is 17.9 Å². The van der Waals surface area contributed by atoms with Crippen LogP contribution in [-0.4, -0.2) is 37.8 Å². The number of nitrogens with zero attached hydrogens (tertiary/aromatic N) is 1. The van der Waals surface area contributed by atoms with Crippen LogP contribution in [-0.2, 0) is 21.4 Å². The highest BCUT2D eigenvalue weighted by atomic mass is 35.5. The van der Waals surface area contributed by atoms with Crippen molar-refractivity contribution in [3.63, 3.8) is 0 Å². The van der Waals surface area contributed by atoms with Gasteiger partial charge in [-0.2, -0.15) is 4.31 Å². The summed E-state index contributed by atoms with van der Waals surface area (Å²) in [5.74, 6) is 0.0555. The summed E-state index contributed by atoms with van der Waals surface area (Å²) >= 11 is 11.9. The van der Waals surface area contributed by atoms with Gasteiger partial charge in [-0.25, -0.2) is 8.42 Å². The van der Waals surface area contributed by atoms with Crippen molar-refractivity contribution in [3.8, 4) is 5.75 Å². The molecule has 0 aromatic heterocycles. The summed E-state index contributed by atoms with van der Waals surface area (Å²) in [6.45, 7) is 3.00. The standard InChI is InChI=1S/C20H22Cl2N2O4S/c1-14(28-19-9-6-16(21)12-18(19)22)20(25)23-13-15-4-7-17(8-5-15)29(26,27)24-10-2-3-11-24/h4-9,12,14H,2-3,10-11,13H2,1H3,(H,23,25). The normalized spacial score (nSPS) is 15.8. The van der Waals surface area contributed by atoms with Gasteiger partial charge in [0.25, 0.3) is 5.91 Å². The fourth-order valence-electron chi connectivity index (χ4n) is 3.00. The van der Waals surface area contributed by atoms with E-state index in [1.165, 1.54) is 4.31 Å². The van der Waals surface area contributed by atoms with E-state index in [-0.39, 0.29) is 17.3 Å². The number of carbonyl (C=O) groups excluding carboxylic acids is 1. The van der Waals surface area contributed by atoms with Gasteiger partial charge in [0.1, 0.15) is 5.75 Å². The molecule has 1 N–H and O–H groups in total. The van der Waals surface area contributed by atoms with Crippen LogP contribution in [0.25, 0.3) is 0 Å². The molecule has 2 aromatic rings. The van der Waals surface area contributed by atoms with Crippen LogP contribution in [0, 0.1) is 0 Å². The molecule has 29 heavy (non-hydrogen) atoms. The predicted octanol–water partition coefficient (Wildman–Crippen LogP) is 3.86. The van der Waals surface area contributed by atoms with Gasteiger partial charge >= 0.3 is 0 Å². The van der Waals surface area contributed by atoms with Crippen LogP contribution in [0.1, 0.15) is 25.3 Å². The van der Waals surface area contributed by atoms with E-state index in [4.69, 9.17) is 27.9 Å². The van der Waals surface area contributed by atoms with Crippen molar-refractivity contribution in [2.45, 2.75) is 37.3 Å². The summed E-state index contributed by atoms with van der Waals surface area (Å²) in [5.41, 5.74) is 0.787. The maximum absolute atomic E-state index is 12.5. The Morgan fingerprint density at radius 1 is 1.14 bits per heavy atom. The number of benzene rings is 2. The minimum atomic E-state index is -3.44. The Bertz CT molecular complexity index is 974. The smallest absolute Gasteiger partial charge is 0.261 e. The highest BCUT2D eigenvalue weighted by Crippen LogP contribution is 2.28. The van der Waals surface area contributed by atoms with Gasteiger partial charge in [-0.1, -0.05) is 35.3 Å². The van der Waals surface area contributed by atoms with Crippen LogP contribution in [0.15, 0.2) is 47.4 Å². The molecule has 1 aliphatic rings. The summed E-state index contributed by atoms with van der Waals surface area (Å²) in [6.07, 6.45) is 1.03. The summed E-state index contributed by atoms with van der Waals surface area (Å²) in [6, 6.07) is 11.3. The Hall–Kier alpha value is -1.80. The van der Waals surface area contributed by atoms with Crippen LogP contribution in [0.5, 0.6) is 5.75 Å². The fraction of sp³-hybridized carbons (Fsp3) is 0.350. The number of nitrogens with one attached hydrogen (secondary N) is 1. The second-order valence-electron chi connectivity index (χ2n) is 6.81. The van der Waals surface area contributed by atoms with Crippen molar-refractivity contribution in [1.82, 2.24) is 9.62 Å². The van der Waals surface area contributed by atoms with Gasteiger partial charge in [-0.05, 0) is 55.7 Å². The first kappa shape index (κ1) is 21.9. The number of sulfonamides is 1. The Labute approximate surface area is 180 Å². The molecule has 0 saturated carbocycles. The largest absolute Gasteiger partial charge is 0.479 e. The number of amides is 1. The zero-order chi connectivity index (χ0) is 21.0. The van der Waals surface area contributed by atoms with Crippen molar-refractivity contribution in [2.24, 2.45) is 0 Å². The monoisotopic (exact) mass is 456 g/mol. The molecule has 0 spiro atoms. The van der Waals surface area contributed by atoms with Crippen LogP contribution >= 0.6 is 23.2 Å². The third-order valence-corrected chi connectivity index (χ3v) is 7.10. The van der Waals surface area contributed by atoms with Crippen LogP contribution in [0.3, 0.4) is 0 Å². The van der Waals surface area contributed by atoms with Crippen molar-refractivity contribution in [3.05, 3.63) is 58.1 Å². The molecule has 6 nitrogen and oxygen atoms in total. The Kier molecular flexibility index (Phi) is 7.05. The molecular weight excluding hydrogens is 435 g/mol. The zero-order valence-electron chi connectivity index (χ0n) is 15.9. The lowest BCUT2D eigenvalue weighted by molar-refractivity contribution is -0.127. The highest BCUT2D eigenvalue weighted by Gasteiger charge is 2.26. The summed E-state index contributed by atoms with van der Waals surface area (Å²) in [5, 5.41) is 3.58. The molecule has 0 bridgehead atoms. The molecule has 2 aromatic carbocycles. The van der Waals surface area contributed by atoms with Gasteiger partial charge in [0.2, 0.25) is 10.0 Å². The lowest BCUT2D eigenvalue weighted by Crippen LogP contribution is -2.36. The van der Waals surface area contributed by atoms with Crippen LogP contribution in [0.4, 0.5) is 0 Å². The number of ether oxygens (including phenoxy) is 1. The molecule has 0 radical (unpaired) electrons. The second-order valence-corrected chi connectivity index (χ2v) is 9.59. The van der Waals surface area contributed by atoms with Gasteiger partial charge in [0, 0.05) is 24.7 Å². The maximum atomic E-state index is 12.5. The molecule has 1 atom stereocenters. The summed E-state index contributed by atoms with van der Waals surface area (Å²) < 4.78 is 32.2. The molecule has 1 fully saturated rings. The van der Waals surface area contributed by atoms with E-state index >= 15 is 0 Å². The van der Waals surface area contributed by atoms with Gasteiger partial charge in [0.15, 0.2) is 6.10 Å². The van der Waals surface area contributed by atoms with Crippen LogP contribution < -0.4 is 10.1 Å². The maximum Gasteiger partial charge on any atom is 0.261 e. The summed E-state index contributed by atoms with van der Waals surface area (Å²) in [4.78, 5) is 12.6. The van der Waals surface area contributed by atoms with Crippen molar-refractivity contribution in [1.29, 1.82) is 0 Å². The topological polar surface area (TPSA) is 75.7 Å². The predicted molar refractivity (Wildman–Crippen MR) is 113 cm³/mol. The molecule has 1 heterocycles. The first-order chi connectivity index (χ1) is 13.8. The molecule has 1 amide bonds. The third-order valence-electron chi connectivity index (χ3n) is 4.66. The first-order valence-electron chi connectivity index (χ1n) is 9.26. The lowest BCUT2D eigenvalue weighted by atomic mass is 10.2. The van der Waals surface area contributed by atoms with E-state index in [0.717, 1.165) is 18.4 Å². The summed E-state index contributed by atoms with van der Waals surface area (Å²) in [7, 11) is -3.44. The van der Waals surface area contributed by atoms with Gasteiger partial charge in [-0.3, -0.25) is 4.79 Å².